The molecular formula is C18H23ClN4O. The molecule has 0 bridgehead atoms. The monoisotopic (exact) mass is 346 g/mol. The number of carbonyl (C=O) groups is 1. The van der Waals surface area contributed by atoms with Crippen LogP contribution >= 0.6 is 12.4 Å². The summed E-state index contributed by atoms with van der Waals surface area (Å²) in [5.74, 6) is 0.868. The summed E-state index contributed by atoms with van der Waals surface area (Å²) in [6.45, 7) is 2.99. The van der Waals surface area contributed by atoms with Crippen molar-refractivity contribution in [3.8, 4) is 0 Å². The number of hydrogen-bond donors (Lipinski definition) is 1. The third kappa shape index (κ3) is 3.26. The summed E-state index contributed by atoms with van der Waals surface area (Å²) in [5, 5.41) is 6.91. The summed E-state index contributed by atoms with van der Waals surface area (Å²) in [5.41, 5.74) is 3.63. The van der Waals surface area contributed by atoms with Crippen LogP contribution in [0.2, 0.25) is 0 Å². The lowest BCUT2D eigenvalue weighted by molar-refractivity contribution is -0.117. The fraction of sp³-hybridized carbons (Fsp3) is 0.444. The molecule has 0 aliphatic carbocycles. The Balaban J connectivity index is 0.00000169. The van der Waals surface area contributed by atoms with E-state index in [1.807, 2.05) is 17.3 Å². The van der Waals surface area contributed by atoms with E-state index in [-0.39, 0.29) is 18.3 Å². The molecule has 1 N–H and O–H groups in total. The number of benzene rings is 1. The highest BCUT2D eigenvalue weighted by Gasteiger charge is 2.23. The van der Waals surface area contributed by atoms with E-state index in [1.54, 1.807) is 0 Å². The van der Waals surface area contributed by atoms with Crippen LogP contribution in [-0.2, 0) is 4.79 Å². The second-order valence-electron chi connectivity index (χ2n) is 6.46. The Kier molecular flexibility index (Phi) is 5.09. The number of piperidine rings is 1. The number of carbonyl (C=O) groups excluding carboxylic acids is 1. The van der Waals surface area contributed by atoms with E-state index >= 15 is 0 Å². The third-order valence-electron chi connectivity index (χ3n) is 5.09. The van der Waals surface area contributed by atoms with Crippen LogP contribution < -0.4 is 9.80 Å². The normalized spacial score (nSPS) is 18.8. The lowest BCUT2D eigenvalue weighted by Crippen LogP contribution is -2.32. The number of rotatable bonds is 3. The highest BCUT2D eigenvalue weighted by Crippen LogP contribution is 2.31. The Labute approximate surface area is 148 Å². The van der Waals surface area contributed by atoms with Gasteiger partial charge < -0.3 is 9.80 Å². The zero-order valence-electron chi connectivity index (χ0n) is 13.6. The van der Waals surface area contributed by atoms with Crippen molar-refractivity contribution >= 4 is 29.7 Å². The van der Waals surface area contributed by atoms with Gasteiger partial charge in [-0.25, -0.2) is 0 Å². The van der Waals surface area contributed by atoms with Gasteiger partial charge in [0.05, 0.1) is 11.9 Å². The van der Waals surface area contributed by atoms with Crippen LogP contribution in [0.4, 0.5) is 11.4 Å². The summed E-state index contributed by atoms with van der Waals surface area (Å²) < 4.78 is 0. The molecule has 0 radical (unpaired) electrons. The van der Waals surface area contributed by atoms with E-state index in [9.17, 15) is 4.79 Å². The quantitative estimate of drug-likeness (QED) is 0.927. The molecule has 1 amide bonds. The maximum atomic E-state index is 11.8. The number of H-pyrrole nitrogens is 1. The zero-order valence-corrected chi connectivity index (χ0v) is 14.5. The van der Waals surface area contributed by atoms with E-state index in [4.69, 9.17) is 0 Å². The number of anilines is 2. The molecule has 0 spiro atoms. The lowest BCUT2D eigenvalue weighted by atomic mass is 9.89. The van der Waals surface area contributed by atoms with Crippen molar-refractivity contribution in [1.29, 1.82) is 0 Å². The lowest BCUT2D eigenvalue weighted by Gasteiger charge is -2.33. The second kappa shape index (κ2) is 7.26. The maximum Gasteiger partial charge on any atom is 0.227 e. The van der Waals surface area contributed by atoms with E-state index in [0.717, 1.165) is 44.6 Å². The van der Waals surface area contributed by atoms with Gasteiger partial charge in [-0.1, -0.05) is 12.1 Å². The highest BCUT2D eigenvalue weighted by molar-refractivity contribution is 5.95. The first kappa shape index (κ1) is 16.8. The minimum Gasteiger partial charge on any atom is -0.369 e. The van der Waals surface area contributed by atoms with Gasteiger partial charge in [0.25, 0.3) is 0 Å². The fourth-order valence-electron chi connectivity index (χ4n) is 3.74. The van der Waals surface area contributed by atoms with Crippen LogP contribution in [0.3, 0.4) is 0 Å². The van der Waals surface area contributed by atoms with Gasteiger partial charge in [-0.2, -0.15) is 5.10 Å². The molecule has 2 fully saturated rings. The zero-order chi connectivity index (χ0) is 15.6. The van der Waals surface area contributed by atoms with Crippen molar-refractivity contribution in [3.05, 3.63) is 42.2 Å². The molecule has 2 aromatic rings. The van der Waals surface area contributed by atoms with Crippen molar-refractivity contribution in [2.45, 2.75) is 31.6 Å². The molecule has 0 saturated carbocycles. The number of nitrogens with zero attached hydrogens (tertiary/aromatic N) is 3. The molecule has 1 aromatic heterocycles. The number of hydrogen-bond acceptors (Lipinski definition) is 3. The first-order valence-corrected chi connectivity index (χ1v) is 8.45. The number of aromatic nitrogens is 2. The molecule has 5 nitrogen and oxygen atoms in total. The molecule has 128 valence electrons. The molecule has 2 aliphatic heterocycles. The Bertz CT molecular complexity index is 663. The van der Waals surface area contributed by atoms with Crippen LogP contribution in [0, 0.1) is 0 Å². The summed E-state index contributed by atoms with van der Waals surface area (Å²) in [7, 11) is 0. The van der Waals surface area contributed by atoms with E-state index in [2.05, 4.69) is 39.4 Å². The molecule has 0 atom stereocenters. The molecule has 24 heavy (non-hydrogen) atoms. The van der Waals surface area contributed by atoms with Crippen molar-refractivity contribution in [2.24, 2.45) is 0 Å². The van der Waals surface area contributed by atoms with Crippen molar-refractivity contribution in [1.82, 2.24) is 10.2 Å². The number of amides is 1. The van der Waals surface area contributed by atoms with Crippen molar-refractivity contribution in [3.63, 3.8) is 0 Å². The summed E-state index contributed by atoms with van der Waals surface area (Å²) in [6.07, 6.45) is 7.84. The molecule has 4 rings (SSSR count). The van der Waals surface area contributed by atoms with E-state index in [1.165, 1.54) is 11.3 Å². The number of halogens is 1. The van der Waals surface area contributed by atoms with Crippen LogP contribution in [0.1, 0.15) is 37.2 Å². The first-order chi connectivity index (χ1) is 11.3. The molecule has 0 unspecified atom stereocenters. The van der Waals surface area contributed by atoms with Crippen LogP contribution in [0.15, 0.2) is 36.7 Å². The van der Waals surface area contributed by atoms with Crippen LogP contribution in [0.5, 0.6) is 0 Å². The predicted molar refractivity (Wildman–Crippen MR) is 98.1 cm³/mol. The number of aromatic amines is 1. The SMILES string of the molecule is Cl.O=C1CCCN1c1ccc(C2CCN(c3cn[nH]c3)CC2)cc1. The van der Waals surface area contributed by atoms with Gasteiger partial charge in [0.1, 0.15) is 0 Å². The topological polar surface area (TPSA) is 52.2 Å². The Morgan fingerprint density at radius 2 is 1.79 bits per heavy atom. The number of nitrogens with one attached hydrogen (secondary N) is 1. The Hall–Kier alpha value is -2.01. The average molecular weight is 347 g/mol. The second-order valence-corrected chi connectivity index (χ2v) is 6.46. The summed E-state index contributed by atoms with van der Waals surface area (Å²) in [4.78, 5) is 16.1. The predicted octanol–water partition coefficient (Wildman–Crippen LogP) is 3.34. The van der Waals surface area contributed by atoms with Gasteiger partial charge in [0.15, 0.2) is 0 Å². The minimum atomic E-state index is 0. The summed E-state index contributed by atoms with van der Waals surface area (Å²) in [6, 6.07) is 8.64. The molecular weight excluding hydrogens is 324 g/mol. The maximum absolute atomic E-state index is 11.8. The van der Waals surface area contributed by atoms with Crippen LogP contribution in [-0.4, -0.2) is 35.7 Å². The first-order valence-electron chi connectivity index (χ1n) is 8.45. The van der Waals surface area contributed by atoms with Gasteiger partial charge >= 0.3 is 0 Å². The molecule has 3 heterocycles. The third-order valence-corrected chi connectivity index (χ3v) is 5.09. The Morgan fingerprint density at radius 1 is 1.04 bits per heavy atom. The van der Waals surface area contributed by atoms with Crippen molar-refractivity contribution in [2.75, 3.05) is 29.4 Å². The van der Waals surface area contributed by atoms with Gasteiger partial charge in [-0.15, -0.1) is 12.4 Å². The van der Waals surface area contributed by atoms with Crippen molar-refractivity contribution < 1.29 is 4.79 Å². The van der Waals surface area contributed by atoms with Crippen LogP contribution in [0.25, 0.3) is 0 Å². The standard InChI is InChI=1S/C18H22N4O.ClH/c23-18-2-1-9-22(18)16-5-3-14(4-6-16)15-7-10-21(11-8-15)17-12-19-20-13-17;/h3-6,12-13,15H,1-2,7-11H2,(H,19,20);1H. The van der Waals surface area contributed by atoms with E-state index < -0.39 is 0 Å². The summed E-state index contributed by atoms with van der Waals surface area (Å²) >= 11 is 0. The molecule has 1 aromatic carbocycles. The van der Waals surface area contributed by atoms with Gasteiger partial charge in [-0.05, 0) is 42.9 Å². The van der Waals surface area contributed by atoms with E-state index in [0.29, 0.717) is 12.3 Å². The molecule has 6 heteroatoms. The van der Waals surface area contributed by atoms with Gasteiger partial charge in [-0.3, -0.25) is 9.89 Å². The smallest absolute Gasteiger partial charge is 0.227 e. The van der Waals surface area contributed by atoms with Gasteiger partial charge in [0.2, 0.25) is 5.91 Å². The molecule has 2 saturated heterocycles. The van der Waals surface area contributed by atoms with Gasteiger partial charge in [0, 0.05) is 37.9 Å². The molecule has 2 aliphatic rings. The highest BCUT2D eigenvalue weighted by atomic mass is 35.5. The average Bonchev–Trinajstić information content (AvgIpc) is 3.27. The fourth-order valence-corrected chi connectivity index (χ4v) is 3.74. The Morgan fingerprint density at radius 3 is 2.38 bits per heavy atom. The largest absolute Gasteiger partial charge is 0.369 e. The minimum absolute atomic E-state index is 0.